The van der Waals surface area contributed by atoms with E-state index in [2.05, 4.69) is 10.6 Å². The average molecular weight is 349 g/mol. The minimum atomic E-state index is -0.599. The smallest absolute Gasteiger partial charge is 0.319 e. The van der Waals surface area contributed by atoms with Crippen LogP contribution < -0.4 is 15.4 Å². The zero-order chi connectivity index (χ0) is 18.2. The van der Waals surface area contributed by atoms with Crippen LogP contribution in [0.5, 0.6) is 5.75 Å². The van der Waals surface area contributed by atoms with E-state index in [0.717, 1.165) is 6.42 Å². The molecule has 1 aliphatic rings. The highest BCUT2D eigenvalue weighted by Gasteiger charge is 2.23. The Morgan fingerprint density at radius 1 is 1.28 bits per heavy atom. The summed E-state index contributed by atoms with van der Waals surface area (Å²) in [6.45, 7) is 7.91. The third kappa shape index (κ3) is 5.94. The van der Waals surface area contributed by atoms with Crippen LogP contribution in [0.4, 0.5) is 10.5 Å². The summed E-state index contributed by atoms with van der Waals surface area (Å²) in [5.41, 5.74) is 0.615. The largest absolute Gasteiger partial charge is 0.491 e. The molecule has 1 aromatic rings. The molecule has 0 radical (unpaired) electrons. The molecule has 2 atom stereocenters. The molecule has 1 fully saturated rings. The van der Waals surface area contributed by atoms with Gasteiger partial charge in [-0.05, 0) is 32.4 Å². The monoisotopic (exact) mass is 349 g/mol. The zero-order valence-electron chi connectivity index (χ0n) is 15.1. The van der Waals surface area contributed by atoms with Crippen LogP contribution in [0.3, 0.4) is 0 Å². The van der Waals surface area contributed by atoms with Crippen molar-refractivity contribution in [2.24, 2.45) is 0 Å². The SMILES string of the molecule is CC[C@@H](C)Oc1cccc(NC(=O)N[C@H](C)C(=O)N2CCOCC2)c1. The molecule has 25 heavy (non-hydrogen) atoms. The Labute approximate surface area is 148 Å². The summed E-state index contributed by atoms with van der Waals surface area (Å²) < 4.78 is 11.0. The first-order valence-electron chi connectivity index (χ1n) is 8.70. The molecule has 0 unspecified atom stereocenters. The molecule has 2 rings (SSSR count). The number of hydrogen-bond acceptors (Lipinski definition) is 4. The third-order valence-electron chi connectivity index (χ3n) is 4.04. The summed E-state index contributed by atoms with van der Waals surface area (Å²) in [6, 6.07) is 6.18. The fraction of sp³-hybridized carbons (Fsp3) is 0.556. The van der Waals surface area contributed by atoms with E-state index >= 15 is 0 Å². The highest BCUT2D eigenvalue weighted by molar-refractivity contribution is 5.93. The molecular weight excluding hydrogens is 322 g/mol. The number of amides is 3. The van der Waals surface area contributed by atoms with Gasteiger partial charge in [-0.25, -0.2) is 4.79 Å². The minimum Gasteiger partial charge on any atom is -0.491 e. The van der Waals surface area contributed by atoms with Crippen LogP contribution in [0.1, 0.15) is 27.2 Å². The number of hydrogen-bond donors (Lipinski definition) is 2. The van der Waals surface area contributed by atoms with Crippen molar-refractivity contribution in [3.05, 3.63) is 24.3 Å². The van der Waals surface area contributed by atoms with Gasteiger partial charge in [-0.1, -0.05) is 13.0 Å². The maximum absolute atomic E-state index is 12.3. The Morgan fingerprint density at radius 3 is 2.68 bits per heavy atom. The van der Waals surface area contributed by atoms with E-state index < -0.39 is 12.1 Å². The molecule has 0 aliphatic carbocycles. The van der Waals surface area contributed by atoms with E-state index in [1.807, 2.05) is 26.0 Å². The van der Waals surface area contributed by atoms with Crippen molar-refractivity contribution in [2.75, 3.05) is 31.6 Å². The second-order valence-corrected chi connectivity index (χ2v) is 6.12. The lowest BCUT2D eigenvalue weighted by Crippen LogP contribution is -2.51. The fourth-order valence-corrected chi connectivity index (χ4v) is 2.45. The summed E-state index contributed by atoms with van der Waals surface area (Å²) in [6.07, 6.45) is 1.01. The molecule has 0 spiro atoms. The molecule has 7 heteroatoms. The number of urea groups is 1. The normalized spacial score (nSPS) is 16.7. The van der Waals surface area contributed by atoms with Gasteiger partial charge in [0.05, 0.1) is 19.3 Å². The summed E-state index contributed by atoms with van der Waals surface area (Å²) in [7, 11) is 0. The first kappa shape index (κ1) is 19.1. The molecule has 0 bridgehead atoms. The van der Waals surface area contributed by atoms with Crippen LogP contribution >= 0.6 is 0 Å². The van der Waals surface area contributed by atoms with Crippen molar-refractivity contribution in [3.8, 4) is 5.75 Å². The number of ether oxygens (including phenoxy) is 2. The van der Waals surface area contributed by atoms with Crippen LogP contribution in [0.2, 0.25) is 0 Å². The highest BCUT2D eigenvalue weighted by Crippen LogP contribution is 2.19. The van der Waals surface area contributed by atoms with Gasteiger partial charge in [-0.3, -0.25) is 4.79 Å². The molecule has 1 heterocycles. The Morgan fingerprint density at radius 2 is 2.00 bits per heavy atom. The topological polar surface area (TPSA) is 79.9 Å². The van der Waals surface area contributed by atoms with E-state index in [-0.39, 0.29) is 12.0 Å². The maximum atomic E-state index is 12.3. The molecule has 0 aromatic heterocycles. The molecule has 0 saturated carbocycles. The molecule has 7 nitrogen and oxygen atoms in total. The van der Waals surface area contributed by atoms with E-state index in [1.165, 1.54) is 0 Å². The van der Waals surface area contributed by atoms with Gasteiger partial charge in [-0.2, -0.15) is 0 Å². The highest BCUT2D eigenvalue weighted by atomic mass is 16.5. The van der Waals surface area contributed by atoms with Crippen molar-refractivity contribution >= 4 is 17.6 Å². The number of benzene rings is 1. The lowest BCUT2D eigenvalue weighted by atomic mass is 10.2. The van der Waals surface area contributed by atoms with Crippen molar-refractivity contribution in [2.45, 2.75) is 39.3 Å². The van der Waals surface area contributed by atoms with Gasteiger partial charge in [0, 0.05) is 24.8 Å². The van der Waals surface area contributed by atoms with Crippen LogP contribution in [0, 0.1) is 0 Å². The molecule has 1 saturated heterocycles. The quantitative estimate of drug-likeness (QED) is 0.825. The number of carbonyl (C=O) groups is 2. The van der Waals surface area contributed by atoms with E-state index in [4.69, 9.17) is 9.47 Å². The number of morpholine rings is 1. The van der Waals surface area contributed by atoms with Crippen molar-refractivity contribution < 1.29 is 19.1 Å². The maximum Gasteiger partial charge on any atom is 0.319 e. The third-order valence-corrected chi connectivity index (χ3v) is 4.04. The molecule has 138 valence electrons. The Balaban J connectivity index is 1.86. The van der Waals surface area contributed by atoms with E-state index in [9.17, 15) is 9.59 Å². The van der Waals surface area contributed by atoms with Crippen molar-refractivity contribution in [3.63, 3.8) is 0 Å². The Kier molecular flexibility index (Phi) is 7.06. The van der Waals surface area contributed by atoms with Crippen LogP contribution in [-0.2, 0) is 9.53 Å². The van der Waals surface area contributed by atoms with Crippen LogP contribution in [0.15, 0.2) is 24.3 Å². The fourth-order valence-electron chi connectivity index (χ4n) is 2.45. The van der Waals surface area contributed by atoms with Gasteiger partial charge in [0.25, 0.3) is 0 Å². The minimum absolute atomic E-state index is 0.104. The summed E-state index contributed by atoms with van der Waals surface area (Å²) in [5.74, 6) is 0.594. The predicted molar refractivity (Wildman–Crippen MR) is 95.8 cm³/mol. The molecule has 1 aliphatic heterocycles. The second kappa shape index (κ2) is 9.27. The Bertz CT molecular complexity index is 587. The summed E-state index contributed by atoms with van der Waals surface area (Å²) >= 11 is 0. The van der Waals surface area contributed by atoms with Gasteiger partial charge in [0.1, 0.15) is 11.8 Å². The van der Waals surface area contributed by atoms with E-state index in [0.29, 0.717) is 37.7 Å². The first-order chi connectivity index (χ1) is 12.0. The van der Waals surface area contributed by atoms with Crippen molar-refractivity contribution in [1.82, 2.24) is 10.2 Å². The van der Waals surface area contributed by atoms with Gasteiger partial charge >= 0.3 is 6.03 Å². The molecule has 2 N–H and O–H groups in total. The average Bonchev–Trinajstić information content (AvgIpc) is 2.61. The van der Waals surface area contributed by atoms with Crippen LogP contribution in [-0.4, -0.2) is 55.3 Å². The lowest BCUT2D eigenvalue weighted by molar-refractivity contribution is -0.136. The summed E-state index contributed by atoms with van der Waals surface area (Å²) in [4.78, 5) is 26.1. The summed E-state index contributed by atoms with van der Waals surface area (Å²) in [5, 5.41) is 5.41. The lowest BCUT2D eigenvalue weighted by Gasteiger charge is -2.29. The van der Waals surface area contributed by atoms with Gasteiger partial charge < -0.3 is 25.0 Å². The molecule has 1 aromatic carbocycles. The first-order valence-corrected chi connectivity index (χ1v) is 8.70. The molecular formula is C18H27N3O4. The molecule has 3 amide bonds. The predicted octanol–water partition coefficient (Wildman–Crippen LogP) is 2.23. The van der Waals surface area contributed by atoms with E-state index in [1.54, 1.807) is 24.0 Å². The number of nitrogens with one attached hydrogen (secondary N) is 2. The van der Waals surface area contributed by atoms with Gasteiger partial charge in [0.2, 0.25) is 5.91 Å². The van der Waals surface area contributed by atoms with Gasteiger partial charge in [0.15, 0.2) is 0 Å². The van der Waals surface area contributed by atoms with Gasteiger partial charge in [-0.15, -0.1) is 0 Å². The number of anilines is 1. The zero-order valence-corrected chi connectivity index (χ0v) is 15.1. The second-order valence-electron chi connectivity index (χ2n) is 6.12. The van der Waals surface area contributed by atoms with Crippen LogP contribution in [0.25, 0.3) is 0 Å². The van der Waals surface area contributed by atoms with Crippen molar-refractivity contribution in [1.29, 1.82) is 0 Å². The standard InChI is InChI=1S/C18H27N3O4/c1-4-13(2)25-16-7-5-6-15(12-16)20-18(23)19-14(3)17(22)21-8-10-24-11-9-21/h5-7,12-14H,4,8-11H2,1-3H3,(H2,19,20,23)/t13-,14-/m1/s1. The number of carbonyl (C=O) groups excluding carboxylic acids is 2. The number of rotatable bonds is 6. The Hall–Kier alpha value is -2.28. The number of nitrogens with zero attached hydrogens (tertiary/aromatic N) is 1.